The molecule has 2 N–H and O–H groups in total. The summed E-state index contributed by atoms with van der Waals surface area (Å²) in [7, 11) is 0. The average Bonchev–Trinajstić information content (AvgIpc) is 2.78. The molecule has 0 amide bonds. The van der Waals surface area contributed by atoms with Gasteiger partial charge in [-0.05, 0) is 38.5 Å². The summed E-state index contributed by atoms with van der Waals surface area (Å²) >= 11 is 0. The first-order valence-corrected chi connectivity index (χ1v) is 9.07. The highest BCUT2D eigenvalue weighted by atomic mass is 16.7. The van der Waals surface area contributed by atoms with Crippen LogP contribution in [0.2, 0.25) is 0 Å². The molecule has 6 nitrogen and oxygen atoms in total. The molecule has 0 radical (unpaired) electrons. The highest BCUT2D eigenvalue weighted by Gasteiger charge is 2.21. The summed E-state index contributed by atoms with van der Waals surface area (Å²) < 4.78 is 22.3. The van der Waals surface area contributed by atoms with E-state index in [-0.39, 0.29) is 31.4 Å². The Morgan fingerprint density at radius 3 is 2.22 bits per heavy atom. The second-order valence-corrected chi connectivity index (χ2v) is 6.45. The lowest BCUT2D eigenvalue weighted by Gasteiger charge is -2.29. The van der Waals surface area contributed by atoms with E-state index in [9.17, 15) is 5.11 Å². The van der Waals surface area contributed by atoms with Crippen molar-refractivity contribution < 1.29 is 29.2 Å². The second kappa shape index (κ2) is 11.3. The minimum Gasteiger partial charge on any atom is -0.394 e. The third-order valence-electron chi connectivity index (χ3n) is 4.40. The molecule has 2 rings (SSSR count). The van der Waals surface area contributed by atoms with Gasteiger partial charge in [-0.15, -0.1) is 0 Å². The molecule has 0 bridgehead atoms. The molecule has 136 valence electrons. The molecule has 23 heavy (non-hydrogen) atoms. The summed E-state index contributed by atoms with van der Waals surface area (Å²) in [6, 6.07) is 0. The van der Waals surface area contributed by atoms with Crippen molar-refractivity contribution in [3.63, 3.8) is 0 Å². The summed E-state index contributed by atoms with van der Waals surface area (Å²) in [6.45, 7) is 1.75. The fourth-order valence-electron chi connectivity index (χ4n) is 2.94. The summed E-state index contributed by atoms with van der Waals surface area (Å²) in [5.74, 6) is 0. The van der Waals surface area contributed by atoms with Crippen molar-refractivity contribution in [2.75, 3.05) is 26.4 Å². The highest BCUT2D eigenvalue weighted by molar-refractivity contribution is 4.63. The molecular weight excluding hydrogens is 300 g/mol. The van der Waals surface area contributed by atoms with Gasteiger partial charge in [-0.2, -0.15) is 0 Å². The van der Waals surface area contributed by atoms with E-state index in [1.807, 2.05) is 0 Å². The first-order valence-electron chi connectivity index (χ1n) is 9.07. The minimum absolute atomic E-state index is 0.0492. The molecule has 2 aliphatic heterocycles. The third kappa shape index (κ3) is 7.92. The Labute approximate surface area is 139 Å². The van der Waals surface area contributed by atoms with Crippen LogP contribution in [0.1, 0.15) is 57.8 Å². The number of hydrogen-bond acceptors (Lipinski definition) is 6. The van der Waals surface area contributed by atoms with Crippen LogP contribution in [0.15, 0.2) is 0 Å². The fourth-order valence-corrected chi connectivity index (χ4v) is 2.94. The normalized spacial score (nSPS) is 32.6. The molecular formula is C17H32O6. The van der Waals surface area contributed by atoms with Crippen LogP contribution >= 0.6 is 0 Å². The Hall–Kier alpha value is -0.240. The summed E-state index contributed by atoms with van der Waals surface area (Å²) in [5.41, 5.74) is 0. The van der Waals surface area contributed by atoms with Crippen LogP contribution in [0, 0.1) is 0 Å². The standard InChI is InChI=1S/C17H32O6/c18-12-15-9-11-21-17(23-15)7-5-3-1-2-4-6-16-20-10-8-14(19)13-22-16/h14-19H,1-13H2. The van der Waals surface area contributed by atoms with Gasteiger partial charge in [-0.3, -0.25) is 0 Å². The van der Waals surface area contributed by atoms with E-state index in [1.54, 1.807) is 0 Å². The average molecular weight is 332 g/mol. The molecule has 0 aromatic carbocycles. The van der Waals surface area contributed by atoms with Gasteiger partial charge in [0.05, 0.1) is 38.6 Å². The number of aliphatic hydroxyl groups excluding tert-OH is 2. The van der Waals surface area contributed by atoms with Crippen LogP contribution in [0.4, 0.5) is 0 Å². The zero-order chi connectivity index (χ0) is 16.3. The van der Waals surface area contributed by atoms with Gasteiger partial charge in [-0.1, -0.05) is 19.3 Å². The molecule has 4 unspecified atom stereocenters. The smallest absolute Gasteiger partial charge is 0.158 e. The summed E-state index contributed by atoms with van der Waals surface area (Å²) in [5, 5.41) is 18.6. The molecule has 0 spiro atoms. The maximum Gasteiger partial charge on any atom is 0.158 e. The second-order valence-electron chi connectivity index (χ2n) is 6.45. The van der Waals surface area contributed by atoms with Crippen molar-refractivity contribution in [3.8, 4) is 0 Å². The van der Waals surface area contributed by atoms with E-state index >= 15 is 0 Å². The van der Waals surface area contributed by atoms with Gasteiger partial charge in [0.25, 0.3) is 0 Å². The molecule has 0 saturated carbocycles. The van der Waals surface area contributed by atoms with Crippen LogP contribution < -0.4 is 0 Å². The largest absolute Gasteiger partial charge is 0.394 e. The topological polar surface area (TPSA) is 77.4 Å². The van der Waals surface area contributed by atoms with Crippen molar-refractivity contribution in [2.24, 2.45) is 0 Å². The van der Waals surface area contributed by atoms with Gasteiger partial charge in [-0.25, -0.2) is 0 Å². The molecule has 2 aliphatic rings. The maximum atomic E-state index is 9.48. The van der Waals surface area contributed by atoms with Gasteiger partial charge >= 0.3 is 0 Å². The quantitative estimate of drug-likeness (QED) is 0.629. The highest BCUT2D eigenvalue weighted by Crippen LogP contribution is 2.19. The van der Waals surface area contributed by atoms with E-state index in [0.717, 1.165) is 44.9 Å². The zero-order valence-electron chi connectivity index (χ0n) is 14.0. The maximum absolute atomic E-state index is 9.48. The number of ether oxygens (including phenoxy) is 4. The molecule has 0 aromatic heterocycles. The Bertz CT molecular complexity index is 295. The van der Waals surface area contributed by atoms with Crippen molar-refractivity contribution in [3.05, 3.63) is 0 Å². The molecule has 2 saturated heterocycles. The third-order valence-corrected chi connectivity index (χ3v) is 4.40. The van der Waals surface area contributed by atoms with Gasteiger partial charge in [0.15, 0.2) is 12.6 Å². The lowest BCUT2D eigenvalue weighted by atomic mass is 10.1. The van der Waals surface area contributed by atoms with Gasteiger partial charge < -0.3 is 29.2 Å². The molecule has 4 atom stereocenters. The van der Waals surface area contributed by atoms with Crippen LogP contribution in [0.5, 0.6) is 0 Å². The first kappa shape index (κ1) is 19.1. The lowest BCUT2D eigenvalue weighted by Crippen LogP contribution is -2.34. The predicted molar refractivity (Wildman–Crippen MR) is 85.0 cm³/mol. The van der Waals surface area contributed by atoms with Crippen molar-refractivity contribution in [1.82, 2.24) is 0 Å². The summed E-state index contributed by atoms with van der Waals surface area (Å²) in [6.07, 6.45) is 8.24. The zero-order valence-corrected chi connectivity index (χ0v) is 14.0. The van der Waals surface area contributed by atoms with E-state index in [1.165, 1.54) is 6.42 Å². The minimum atomic E-state index is -0.380. The van der Waals surface area contributed by atoms with Crippen LogP contribution in [0.3, 0.4) is 0 Å². The molecule has 0 aromatic rings. The number of aliphatic hydroxyl groups is 2. The predicted octanol–water partition coefficient (Wildman–Crippen LogP) is 1.96. The van der Waals surface area contributed by atoms with Crippen LogP contribution in [-0.2, 0) is 18.9 Å². The first-order chi connectivity index (χ1) is 11.3. The molecule has 2 fully saturated rings. The van der Waals surface area contributed by atoms with Crippen molar-refractivity contribution >= 4 is 0 Å². The van der Waals surface area contributed by atoms with Crippen LogP contribution in [0.25, 0.3) is 0 Å². The SMILES string of the molecule is OCC1CCOC(CCCCCCCC2OCCC(O)CO2)O1. The van der Waals surface area contributed by atoms with E-state index in [4.69, 9.17) is 24.1 Å². The van der Waals surface area contributed by atoms with Gasteiger partial charge in [0, 0.05) is 0 Å². The van der Waals surface area contributed by atoms with Gasteiger partial charge in [0.2, 0.25) is 0 Å². The van der Waals surface area contributed by atoms with Crippen molar-refractivity contribution in [2.45, 2.75) is 82.6 Å². The summed E-state index contributed by atoms with van der Waals surface area (Å²) in [4.78, 5) is 0. The number of hydrogen-bond donors (Lipinski definition) is 2. The lowest BCUT2D eigenvalue weighted by molar-refractivity contribution is -0.222. The van der Waals surface area contributed by atoms with E-state index < -0.39 is 0 Å². The Morgan fingerprint density at radius 1 is 0.783 bits per heavy atom. The molecule has 0 aliphatic carbocycles. The molecule has 6 heteroatoms. The van der Waals surface area contributed by atoms with E-state index in [2.05, 4.69) is 0 Å². The van der Waals surface area contributed by atoms with Crippen LogP contribution in [-0.4, -0.2) is 61.4 Å². The Balaban J connectivity index is 1.42. The fraction of sp³-hybridized carbons (Fsp3) is 1.00. The Morgan fingerprint density at radius 2 is 1.43 bits per heavy atom. The number of unbranched alkanes of at least 4 members (excludes halogenated alkanes) is 4. The Kier molecular flexibility index (Phi) is 9.41. The molecule has 2 heterocycles. The van der Waals surface area contributed by atoms with Crippen molar-refractivity contribution in [1.29, 1.82) is 0 Å². The number of rotatable bonds is 9. The van der Waals surface area contributed by atoms with E-state index in [0.29, 0.717) is 26.2 Å². The van der Waals surface area contributed by atoms with Gasteiger partial charge in [0.1, 0.15) is 0 Å². The monoisotopic (exact) mass is 332 g/mol.